The third-order valence-corrected chi connectivity index (χ3v) is 3.87. The number of fused-ring (bicyclic) bond motifs is 1. The number of hydrogen-bond donors (Lipinski definition) is 2. The first-order valence-corrected chi connectivity index (χ1v) is 7.80. The van der Waals surface area contributed by atoms with Gasteiger partial charge >= 0.3 is 0 Å². The first-order chi connectivity index (χ1) is 11.5. The molecule has 0 aliphatic rings. The van der Waals surface area contributed by atoms with Crippen LogP contribution in [-0.4, -0.2) is 47.7 Å². The molecule has 124 valence electrons. The fourth-order valence-corrected chi connectivity index (χ4v) is 2.52. The molecule has 3 rings (SSSR count). The summed E-state index contributed by atoms with van der Waals surface area (Å²) >= 11 is 0. The van der Waals surface area contributed by atoms with Gasteiger partial charge < -0.3 is 16.1 Å². The van der Waals surface area contributed by atoms with Gasteiger partial charge in [-0.1, -0.05) is 12.1 Å². The van der Waals surface area contributed by atoms with Crippen molar-refractivity contribution in [3.63, 3.8) is 0 Å². The van der Waals surface area contributed by atoms with Crippen LogP contribution in [0.15, 0.2) is 48.8 Å². The normalized spacial score (nSPS) is 11.1. The van der Waals surface area contributed by atoms with Gasteiger partial charge in [0.05, 0.1) is 11.0 Å². The summed E-state index contributed by atoms with van der Waals surface area (Å²) < 4.78 is 1.55. The van der Waals surface area contributed by atoms with E-state index in [0.29, 0.717) is 12.1 Å². The van der Waals surface area contributed by atoms with E-state index in [0.717, 1.165) is 28.7 Å². The lowest BCUT2D eigenvalue weighted by Crippen LogP contribution is -2.31. The van der Waals surface area contributed by atoms with Crippen LogP contribution in [0.4, 0.5) is 0 Å². The number of carbonyl (C=O) groups is 1. The van der Waals surface area contributed by atoms with Gasteiger partial charge in [0.2, 0.25) is 0 Å². The van der Waals surface area contributed by atoms with Crippen LogP contribution < -0.4 is 11.2 Å². The molecule has 0 radical (unpaired) electrons. The van der Waals surface area contributed by atoms with Gasteiger partial charge in [0.1, 0.15) is 0 Å². The minimum absolute atomic E-state index is 0.0741. The lowest BCUT2D eigenvalue weighted by atomic mass is 10.0. The number of aromatic nitrogens is 2. The summed E-state index contributed by atoms with van der Waals surface area (Å²) in [6.07, 6.45) is 3.57. The monoisotopic (exact) mass is 323 g/mol. The van der Waals surface area contributed by atoms with Crippen molar-refractivity contribution in [1.29, 1.82) is 0 Å². The molecule has 1 aromatic carbocycles. The SMILES string of the molecule is CN(C)CCNC(=O)c1cccc(-c2cnc3ccn(N)c3c2)c1. The first-order valence-electron chi connectivity index (χ1n) is 7.80. The van der Waals surface area contributed by atoms with Crippen molar-refractivity contribution >= 4 is 16.9 Å². The summed E-state index contributed by atoms with van der Waals surface area (Å²) in [5, 5.41) is 2.92. The first kappa shape index (κ1) is 16.0. The minimum Gasteiger partial charge on any atom is -0.351 e. The van der Waals surface area contributed by atoms with Crippen molar-refractivity contribution in [3.8, 4) is 11.1 Å². The van der Waals surface area contributed by atoms with Gasteiger partial charge in [-0.25, -0.2) is 0 Å². The van der Waals surface area contributed by atoms with Gasteiger partial charge in [-0.2, -0.15) is 0 Å². The number of amides is 1. The molecule has 0 atom stereocenters. The van der Waals surface area contributed by atoms with Gasteiger partial charge in [0.25, 0.3) is 5.91 Å². The quantitative estimate of drug-likeness (QED) is 0.701. The van der Waals surface area contributed by atoms with Crippen LogP contribution in [0.3, 0.4) is 0 Å². The lowest BCUT2D eigenvalue weighted by Gasteiger charge is -2.11. The Kier molecular flexibility index (Phi) is 4.48. The number of likely N-dealkylation sites (N-methyl/N-ethyl adjacent to an activating group) is 1. The number of nitrogen functional groups attached to an aromatic ring is 1. The van der Waals surface area contributed by atoms with E-state index in [-0.39, 0.29) is 5.91 Å². The molecular weight excluding hydrogens is 302 g/mol. The van der Waals surface area contributed by atoms with Crippen molar-refractivity contribution in [2.45, 2.75) is 0 Å². The van der Waals surface area contributed by atoms with Gasteiger partial charge in [-0.15, -0.1) is 0 Å². The molecule has 0 aliphatic heterocycles. The molecule has 0 saturated heterocycles. The predicted octanol–water partition coefficient (Wildman–Crippen LogP) is 1.71. The third kappa shape index (κ3) is 3.38. The number of pyridine rings is 1. The fourth-order valence-electron chi connectivity index (χ4n) is 2.52. The summed E-state index contributed by atoms with van der Waals surface area (Å²) in [7, 11) is 3.95. The van der Waals surface area contributed by atoms with Crippen molar-refractivity contribution < 1.29 is 4.79 Å². The predicted molar refractivity (Wildman–Crippen MR) is 96.2 cm³/mol. The number of hydrogen-bond acceptors (Lipinski definition) is 4. The Morgan fingerprint density at radius 1 is 1.25 bits per heavy atom. The fraction of sp³-hybridized carbons (Fsp3) is 0.222. The van der Waals surface area contributed by atoms with Crippen LogP contribution >= 0.6 is 0 Å². The number of nitrogens with zero attached hydrogens (tertiary/aromatic N) is 3. The van der Waals surface area contributed by atoms with E-state index in [4.69, 9.17) is 5.84 Å². The van der Waals surface area contributed by atoms with E-state index < -0.39 is 0 Å². The number of nitrogens with one attached hydrogen (secondary N) is 1. The molecule has 0 fully saturated rings. The highest BCUT2D eigenvalue weighted by atomic mass is 16.1. The molecule has 0 aliphatic carbocycles. The number of carbonyl (C=O) groups excluding carboxylic acids is 1. The molecular formula is C18H21N5O. The maximum atomic E-state index is 12.3. The molecule has 3 N–H and O–H groups in total. The summed E-state index contributed by atoms with van der Waals surface area (Å²) in [5.74, 6) is 5.81. The second-order valence-electron chi connectivity index (χ2n) is 5.99. The number of rotatable bonds is 5. The standard InChI is InChI=1S/C18H21N5O/c1-22(2)9-7-20-18(24)14-5-3-4-13(10-14)15-11-17-16(21-12-15)6-8-23(17)19/h3-6,8,10-12H,7,9,19H2,1-2H3,(H,20,24). The molecule has 6 nitrogen and oxygen atoms in total. The maximum Gasteiger partial charge on any atom is 0.251 e. The van der Waals surface area contributed by atoms with E-state index in [9.17, 15) is 4.79 Å². The van der Waals surface area contributed by atoms with Crippen molar-refractivity contribution in [2.75, 3.05) is 33.0 Å². The van der Waals surface area contributed by atoms with E-state index in [2.05, 4.69) is 10.3 Å². The Hall–Kier alpha value is -2.86. The molecule has 2 heterocycles. The number of nitrogens with two attached hydrogens (primary N) is 1. The molecule has 1 amide bonds. The van der Waals surface area contributed by atoms with Gasteiger partial charge in [0.15, 0.2) is 0 Å². The maximum absolute atomic E-state index is 12.3. The molecule has 0 spiro atoms. The molecule has 3 aromatic rings. The molecule has 6 heteroatoms. The zero-order chi connectivity index (χ0) is 17.1. The third-order valence-electron chi connectivity index (χ3n) is 3.87. The average molecular weight is 323 g/mol. The van der Waals surface area contributed by atoms with E-state index in [1.54, 1.807) is 17.1 Å². The zero-order valence-corrected chi connectivity index (χ0v) is 13.9. The van der Waals surface area contributed by atoms with Crippen LogP contribution in [0, 0.1) is 0 Å². The average Bonchev–Trinajstić information content (AvgIpc) is 2.95. The largest absolute Gasteiger partial charge is 0.351 e. The highest BCUT2D eigenvalue weighted by Crippen LogP contribution is 2.23. The highest BCUT2D eigenvalue weighted by molar-refractivity contribution is 5.95. The Labute approximate surface area is 140 Å². The molecule has 0 saturated carbocycles. The molecule has 0 bridgehead atoms. The van der Waals surface area contributed by atoms with E-state index in [1.165, 1.54) is 0 Å². The van der Waals surface area contributed by atoms with Crippen molar-refractivity contribution in [1.82, 2.24) is 19.9 Å². The Morgan fingerprint density at radius 3 is 2.88 bits per heavy atom. The van der Waals surface area contributed by atoms with Gasteiger partial charge in [0, 0.05) is 36.6 Å². The van der Waals surface area contributed by atoms with E-state index >= 15 is 0 Å². The summed E-state index contributed by atoms with van der Waals surface area (Å²) in [6, 6.07) is 11.4. The molecule has 24 heavy (non-hydrogen) atoms. The summed E-state index contributed by atoms with van der Waals surface area (Å²) in [6.45, 7) is 1.42. The summed E-state index contributed by atoms with van der Waals surface area (Å²) in [4.78, 5) is 18.7. The second-order valence-corrected chi connectivity index (χ2v) is 5.99. The number of benzene rings is 1. The van der Waals surface area contributed by atoms with Crippen molar-refractivity contribution in [3.05, 3.63) is 54.4 Å². The molecule has 2 aromatic heterocycles. The lowest BCUT2D eigenvalue weighted by molar-refractivity contribution is 0.0951. The minimum atomic E-state index is -0.0741. The topological polar surface area (TPSA) is 76.2 Å². The Bertz CT molecular complexity index is 869. The van der Waals surface area contributed by atoms with Gasteiger partial charge in [-0.3, -0.25) is 14.5 Å². The molecule has 0 unspecified atom stereocenters. The van der Waals surface area contributed by atoms with Crippen LogP contribution in [0.1, 0.15) is 10.4 Å². The zero-order valence-electron chi connectivity index (χ0n) is 13.9. The Balaban J connectivity index is 1.83. The second kappa shape index (κ2) is 6.72. The smallest absolute Gasteiger partial charge is 0.251 e. The van der Waals surface area contributed by atoms with Crippen LogP contribution in [0.5, 0.6) is 0 Å². The van der Waals surface area contributed by atoms with Crippen LogP contribution in [0.25, 0.3) is 22.2 Å². The van der Waals surface area contributed by atoms with Gasteiger partial charge in [-0.05, 0) is 43.9 Å². The highest BCUT2D eigenvalue weighted by Gasteiger charge is 2.08. The van der Waals surface area contributed by atoms with Crippen molar-refractivity contribution in [2.24, 2.45) is 0 Å². The Morgan fingerprint density at radius 2 is 2.08 bits per heavy atom. The summed E-state index contributed by atoms with van der Waals surface area (Å²) in [5.41, 5.74) is 4.20. The van der Waals surface area contributed by atoms with Crippen LogP contribution in [0.2, 0.25) is 0 Å². The van der Waals surface area contributed by atoms with Crippen LogP contribution in [-0.2, 0) is 0 Å². The van der Waals surface area contributed by atoms with E-state index in [1.807, 2.05) is 55.4 Å².